The van der Waals surface area contributed by atoms with E-state index in [1.807, 2.05) is 0 Å². The number of hydrogen-bond donors (Lipinski definition) is 0. The minimum absolute atomic E-state index is 1.07. The lowest BCUT2D eigenvalue weighted by Gasteiger charge is -2.21. The molecule has 0 saturated heterocycles. The molecule has 466 valence electrons. The van der Waals surface area contributed by atoms with E-state index in [-0.39, 0.29) is 0 Å². The van der Waals surface area contributed by atoms with E-state index in [2.05, 4.69) is 397 Å². The summed E-state index contributed by atoms with van der Waals surface area (Å²) in [5.74, 6) is 0. The SMILES string of the molecule is c1ccc(-c2cc(-c3ccccc3)cc(-n3c(-c4ccccc4)c(-c4ccccc4)c4cc5c(-c6ccc7ccccc7c6)c6cc7c(cc6c(-c6ccc8ccccc8c6)c5cc43)c(-c3ccccc3)c(-c3ccccc3)n7-c3cc(-c4ccccc4)cc(-c4ccccc4)c3)c2)cc1. The molecule has 19 rings (SSSR count). The summed E-state index contributed by atoms with van der Waals surface area (Å²) in [7, 11) is 0. The average Bonchev–Trinajstić information content (AvgIpc) is 1.44. The maximum Gasteiger partial charge on any atom is 0.0619 e. The Kier molecular flexibility index (Phi) is 14.3. The van der Waals surface area contributed by atoms with Gasteiger partial charge in [0, 0.05) is 33.3 Å². The predicted octanol–water partition coefficient (Wildman–Crippen LogP) is 26.9. The Bertz CT molecular complexity index is 5810. The summed E-state index contributed by atoms with van der Waals surface area (Å²) < 4.78 is 5.18. The van der Waals surface area contributed by atoms with Crippen molar-refractivity contribution in [2.24, 2.45) is 0 Å². The molecule has 2 heterocycles. The van der Waals surface area contributed by atoms with E-state index >= 15 is 0 Å². The van der Waals surface area contributed by atoms with Crippen LogP contribution in [0.25, 0.3) is 188 Å². The quantitative estimate of drug-likeness (QED) is 0.108. The van der Waals surface area contributed by atoms with Crippen molar-refractivity contribution in [1.82, 2.24) is 9.13 Å². The van der Waals surface area contributed by atoms with Gasteiger partial charge in [-0.05, 0) is 205 Å². The molecule has 0 atom stereocenters. The van der Waals surface area contributed by atoms with Gasteiger partial charge in [0.1, 0.15) is 0 Å². The fraction of sp³-hybridized carbons (Fsp3) is 0. The number of hydrogen-bond acceptors (Lipinski definition) is 0. The van der Waals surface area contributed by atoms with Crippen molar-refractivity contribution >= 4 is 64.9 Å². The van der Waals surface area contributed by atoms with Crippen molar-refractivity contribution in [2.45, 2.75) is 0 Å². The number of aromatic nitrogens is 2. The smallest absolute Gasteiger partial charge is 0.0619 e. The first-order valence-corrected chi connectivity index (χ1v) is 34.5. The Labute approximate surface area is 581 Å². The van der Waals surface area contributed by atoms with Crippen molar-refractivity contribution < 1.29 is 0 Å². The zero-order valence-corrected chi connectivity index (χ0v) is 54.8. The Morgan fingerprint density at radius 3 is 0.710 bits per heavy atom. The topological polar surface area (TPSA) is 9.86 Å². The van der Waals surface area contributed by atoms with Crippen molar-refractivity contribution in [3.63, 3.8) is 0 Å². The van der Waals surface area contributed by atoms with E-state index in [0.29, 0.717) is 0 Å². The lowest BCUT2D eigenvalue weighted by atomic mass is 9.83. The molecule has 0 radical (unpaired) electrons. The van der Waals surface area contributed by atoms with Gasteiger partial charge in [0.2, 0.25) is 0 Å². The van der Waals surface area contributed by atoms with E-state index in [4.69, 9.17) is 0 Å². The van der Waals surface area contributed by atoms with Crippen molar-refractivity contribution in [3.05, 3.63) is 388 Å². The highest BCUT2D eigenvalue weighted by Gasteiger charge is 2.29. The Morgan fingerprint density at radius 2 is 0.400 bits per heavy atom. The Morgan fingerprint density at radius 1 is 0.140 bits per heavy atom. The summed E-state index contributed by atoms with van der Waals surface area (Å²) in [5, 5.41) is 11.7. The molecule has 0 saturated carbocycles. The summed E-state index contributed by atoms with van der Waals surface area (Å²) in [6.45, 7) is 0. The maximum atomic E-state index is 2.59. The monoisotopic (exact) mass is 1270 g/mol. The van der Waals surface area contributed by atoms with E-state index < -0.39 is 0 Å². The second-order valence-electron chi connectivity index (χ2n) is 26.3. The summed E-state index contributed by atoms with van der Waals surface area (Å²) in [5.41, 5.74) is 27.3. The van der Waals surface area contributed by atoms with Crippen LogP contribution in [0.1, 0.15) is 0 Å². The molecule has 0 N–H and O–H groups in total. The molecular weight excluding hydrogens is 1210 g/mol. The van der Waals surface area contributed by atoms with Crippen LogP contribution in [0.2, 0.25) is 0 Å². The van der Waals surface area contributed by atoms with Gasteiger partial charge in [-0.1, -0.05) is 315 Å². The van der Waals surface area contributed by atoms with Crippen LogP contribution < -0.4 is 0 Å². The lowest BCUT2D eigenvalue weighted by Crippen LogP contribution is -2.00. The highest BCUT2D eigenvalue weighted by molar-refractivity contribution is 6.28. The van der Waals surface area contributed by atoms with Crippen LogP contribution in [0.3, 0.4) is 0 Å². The Hall–Kier alpha value is -13.1. The van der Waals surface area contributed by atoms with E-state index in [9.17, 15) is 0 Å². The van der Waals surface area contributed by atoms with Crippen molar-refractivity contribution in [1.29, 1.82) is 0 Å². The van der Waals surface area contributed by atoms with Crippen LogP contribution >= 0.6 is 0 Å². The minimum Gasteiger partial charge on any atom is -0.309 e. The van der Waals surface area contributed by atoms with Gasteiger partial charge in [0.25, 0.3) is 0 Å². The molecule has 0 fully saturated rings. The number of nitrogens with zero attached hydrogens (tertiary/aromatic N) is 2. The second kappa shape index (κ2) is 24.5. The molecule has 0 aliphatic heterocycles. The van der Waals surface area contributed by atoms with Crippen molar-refractivity contribution in [3.8, 4) is 123 Å². The van der Waals surface area contributed by atoms with Gasteiger partial charge in [0.05, 0.1) is 22.4 Å². The highest BCUT2D eigenvalue weighted by atomic mass is 15.0. The summed E-state index contributed by atoms with van der Waals surface area (Å²) in [6.07, 6.45) is 0. The van der Waals surface area contributed by atoms with Crippen LogP contribution in [-0.4, -0.2) is 9.13 Å². The fourth-order valence-corrected chi connectivity index (χ4v) is 15.8. The van der Waals surface area contributed by atoms with Crippen LogP contribution in [0, 0.1) is 0 Å². The Balaban J connectivity index is 1.04. The average molecular weight is 1270 g/mol. The molecule has 19 aromatic rings. The number of benzene rings is 17. The maximum absolute atomic E-state index is 2.59. The standard InChI is InChI=1S/C98H64N2/c1-9-29-65(30-10-1)79-55-80(66-31-11-2-12-32-66)58-83(57-79)99-91-63-87-85(61-89(91)95(71-39-17-5-18-40-71)97(99)73-43-21-7-22-44-73)94(78-52-50-70-38-26-28-48-76(70)54-78)88-64-92-90(62-86(88)93(87)77-51-49-69-37-25-27-47-75(69)53-77)96(72-41-19-6-20-42-72)98(74-45-23-8-24-46-74)100(92)84-59-81(67-33-13-3-14-34-67)56-82(60-84)68-35-15-4-16-36-68/h1-64H. The first kappa shape index (κ1) is 58.2. The molecule has 0 unspecified atom stereocenters. The third kappa shape index (κ3) is 10.1. The predicted molar refractivity (Wildman–Crippen MR) is 424 cm³/mol. The molecule has 2 heteroatoms. The van der Waals surface area contributed by atoms with Crippen LogP contribution in [-0.2, 0) is 0 Å². The zero-order valence-electron chi connectivity index (χ0n) is 54.8. The molecule has 0 bridgehead atoms. The van der Waals surface area contributed by atoms with E-state index in [1.54, 1.807) is 0 Å². The normalized spacial score (nSPS) is 11.6. The number of rotatable bonds is 12. The van der Waals surface area contributed by atoms with E-state index in [0.717, 1.165) is 144 Å². The van der Waals surface area contributed by atoms with Gasteiger partial charge in [-0.25, -0.2) is 0 Å². The molecule has 0 spiro atoms. The summed E-state index contributed by atoms with van der Waals surface area (Å²) in [6, 6.07) is 144. The summed E-state index contributed by atoms with van der Waals surface area (Å²) in [4.78, 5) is 0. The lowest BCUT2D eigenvalue weighted by molar-refractivity contribution is 1.14. The van der Waals surface area contributed by atoms with Crippen LogP contribution in [0.15, 0.2) is 388 Å². The second-order valence-corrected chi connectivity index (χ2v) is 26.3. The highest BCUT2D eigenvalue weighted by Crippen LogP contribution is 2.54. The molecule has 2 nitrogen and oxygen atoms in total. The van der Waals surface area contributed by atoms with Crippen molar-refractivity contribution in [2.75, 3.05) is 0 Å². The van der Waals surface area contributed by atoms with Gasteiger partial charge < -0.3 is 9.13 Å². The van der Waals surface area contributed by atoms with Crippen LogP contribution in [0.5, 0.6) is 0 Å². The molecule has 2 aromatic heterocycles. The van der Waals surface area contributed by atoms with Crippen LogP contribution in [0.4, 0.5) is 0 Å². The fourth-order valence-electron chi connectivity index (χ4n) is 15.8. The third-order valence-corrected chi connectivity index (χ3v) is 20.4. The third-order valence-electron chi connectivity index (χ3n) is 20.4. The summed E-state index contributed by atoms with van der Waals surface area (Å²) >= 11 is 0. The molecule has 17 aromatic carbocycles. The number of fused-ring (bicyclic) bond motifs is 6. The molecule has 0 aliphatic carbocycles. The molecule has 0 aliphatic rings. The molecular formula is C98H64N2. The van der Waals surface area contributed by atoms with Gasteiger partial charge in [-0.3, -0.25) is 0 Å². The van der Waals surface area contributed by atoms with Gasteiger partial charge in [-0.2, -0.15) is 0 Å². The molecule has 100 heavy (non-hydrogen) atoms. The zero-order chi connectivity index (χ0) is 66.0. The van der Waals surface area contributed by atoms with Gasteiger partial charge in [-0.15, -0.1) is 0 Å². The minimum atomic E-state index is 1.07. The first-order valence-electron chi connectivity index (χ1n) is 34.5. The largest absolute Gasteiger partial charge is 0.309 e. The van der Waals surface area contributed by atoms with Gasteiger partial charge in [0.15, 0.2) is 0 Å². The molecule has 0 amide bonds. The van der Waals surface area contributed by atoms with Gasteiger partial charge >= 0.3 is 0 Å². The van der Waals surface area contributed by atoms with E-state index in [1.165, 1.54) is 43.8 Å². The first-order chi connectivity index (χ1) is 49.6.